The summed E-state index contributed by atoms with van der Waals surface area (Å²) in [5.41, 5.74) is -18.6. The summed E-state index contributed by atoms with van der Waals surface area (Å²) in [5, 5.41) is 2.00. The van der Waals surface area contributed by atoms with Crippen LogP contribution in [0.5, 0.6) is 0 Å². The highest BCUT2D eigenvalue weighted by Crippen LogP contribution is 2.52. The van der Waals surface area contributed by atoms with E-state index >= 15 is 30.9 Å². The first-order valence-corrected chi connectivity index (χ1v) is 38.3. The molecule has 47 heteroatoms. The van der Waals surface area contributed by atoms with E-state index in [-0.39, 0.29) is 80.2 Å². The number of halogens is 15. The monoisotopic (exact) mass is 1720 g/mol. The number of rotatable bonds is 18. The van der Waals surface area contributed by atoms with Gasteiger partial charge in [0, 0.05) is 89.7 Å². The van der Waals surface area contributed by atoms with Crippen molar-refractivity contribution in [1.82, 2.24) is 41.1 Å². The van der Waals surface area contributed by atoms with Gasteiger partial charge in [-0.25, -0.2) is 45.3 Å². The van der Waals surface area contributed by atoms with Gasteiger partial charge in [-0.05, 0) is 73.9 Å². The number of phosphoric acid groups is 1. The Hall–Kier alpha value is -10.1. The van der Waals surface area contributed by atoms with Gasteiger partial charge in [0.1, 0.15) is 86.3 Å². The van der Waals surface area contributed by atoms with E-state index in [0.717, 1.165) is 98.7 Å². The molecule has 0 saturated carbocycles. The van der Waals surface area contributed by atoms with Gasteiger partial charge in [0.15, 0.2) is 14.4 Å². The van der Waals surface area contributed by atoms with Crippen molar-refractivity contribution in [2.45, 2.75) is 78.8 Å². The topological polar surface area (TPSA) is 280 Å². The maximum Gasteiger partial charge on any atom is 0.480 e. The summed E-state index contributed by atoms with van der Waals surface area (Å²) in [6.07, 6.45) is -19.9. The molecule has 12 aromatic rings. The van der Waals surface area contributed by atoms with Crippen LogP contribution >= 0.6 is 75.8 Å². The number of carbonyl (C=O) groups excluding carboxylic acids is 3. The SMILES string of the molecule is Cc1sc2c(c1CC(=O)/N=c1/scc(-c3ccc(F)c(C(F)(F)F)c3F)n1COP(=O)(OCn1c(-c3ccc(F)c(C(F)(F)F)c3F)cs/c1=N/C(=O)Cc1c(C)sc3c1c(=O)n(C)c(=O)n3C)OCn1c(-c3ccc(F)c(C(F)(F)F)c3F)cs/c1=N/C(=O)Cc1c(C)sc3c1c(=O)n(C)c(=O)n3C)c(=O)n(C)c(=O)n2C. The molecule has 0 spiro atoms. The Balaban J connectivity index is 1.05. The summed E-state index contributed by atoms with van der Waals surface area (Å²) in [5.74, 6) is -17.2. The highest BCUT2D eigenvalue weighted by molar-refractivity contribution is 7.48. The van der Waals surface area contributed by atoms with Crippen molar-refractivity contribution in [3.63, 3.8) is 0 Å². The lowest BCUT2D eigenvalue weighted by Gasteiger charge is -2.21. The molecule has 9 heterocycles. The quantitative estimate of drug-likeness (QED) is 0.0571. The molecular weight excluding hydrogens is 1680 g/mol. The Morgan fingerprint density at radius 1 is 0.398 bits per heavy atom. The van der Waals surface area contributed by atoms with Gasteiger partial charge in [0.2, 0.25) is 0 Å². The van der Waals surface area contributed by atoms with Crippen molar-refractivity contribution in [3.05, 3.63) is 212 Å². The van der Waals surface area contributed by atoms with Gasteiger partial charge in [-0.2, -0.15) is 54.5 Å². The van der Waals surface area contributed by atoms with Crippen LogP contribution in [-0.2, 0) is 133 Å². The van der Waals surface area contributed by atoms with E-state index in [2.05, 4.69) is 15.0 Å². The first kappa shape index (κ1) is 82.4. The van der Waals surface area contributed by atoms with Gasteiger partial charge in [-0.1, -0.05) is 0 Å². The second-order valence-electron chi connectivity index (χ2n) is 24.7. The van der Waals surface area contributed by atoms with E-state index < -0.39 is 217 Å². The molecule has 3 amide bonds. The van der Waals surface area contributed by atoms with Crippen LogP contribution in [-0.4, -0.2) is 58.8 Å². The average Bonchev–Trinajstić information content (AvgIpc) is 1.42. The second kappa shape index (κ2) is 30.4. The van der Waals surface area contributed by atoms with Crippen molar-refractivity contribution in [2.75, 3.05) is 0 Å². The predicted octanol–water partition coefficient (Wildman–Crippen LogP) is 11.4. The fourth-order valence-electron chi connectivity index (χ4n) is 12.1. The summed E-state index contributed by atoms with van der Waals surface area (Å²) in [4.78, 5) is 134. The first-order valence-electron chi connectivity index (χ1n) is 31.8. The molecule has 0 fully saturated rings. The van der Waals surface area contributed by atoms with Crippen molar-refractivity contribution in [2.24, 2.45) is 57.3 Å². The zero-order valence-corrected chi connectivity index (χ0v) is 64.5. The molecule has 25 nitrogen and oxygen atoms in total. The van der Waals surface area contributed by atoms with Crippen molar-refractivity contribution >= 4 is 124 Å². The van der Waals surface area contributed by atoms with Crippen LogP contribution in [0.4, 0.5) is 65.9 Å². The van der Waals surface area contributed by atoms with Gasteiger partial charge < -0.3 is 0 Å². The molecule has 0 saturated heterocycles. The number of alkyl halides is 9. The van der Waals surface area contributed by atoms with E-state index in [1.165, 1.54) is 41.9 Å². The third kappa shape index (κ3) is 15.1. The first-order chi connectivity index (χ1) is 52.8. The molecule has 0 aliphatic heterocycles. The molecule has 3 aromatic carbocycles. The molecule has 0 bridgehead atoms. The number of nitrogens with zero attached hydrogens (tertiary/aromatic N) is 12. The number of hydrogen-bond acceptors (Lipinski definition) is 19. The zero-order valence-electron chi connectivity index (χ0n) is 58.7. The maximum atomic E-state index is 16.6. The zero-order chi connectivity index (χ0) is 82.8. The normalized spacial score (nSPS) is 13.1. The lowest BCUT2D eigenvalue weighted by molar-refractivity contribution is -0.143. The number of thiophene rings is 3. The minimum Gasteiger partial charge on any atom is -0.292 e. The van der Waals surface area contributed by atoms with Crippen LogP contribution in [0.2, 0.25) is 0 Å². The Morgan fingerprint density at radius 3 is 0.867 bits per heavy atom. The van der Waals surface area contributed by atoms with Crippen LogP contribution in [0, 0.1) is 55.7 Å². The summed E-state index contributed by atoms with van der Waals surface area (Å²) in [6, 6.07) is 1.89. The average molecular weight is 1730 g/mol. The van der Waals surface area contributed by atoms with Crippen LogP contribution in [0.3, 0.4) is 0 Å². The number of thiazole rings is 3. The van der Waals surface area contributed by atoms with Gasteiger partial charge in [-0.15, -0.1) is 68.0 Å². The van der Waals surface area contributed by atoms with E-state index in [1.807, 2.05) is 0 Å². The van der Waals surface area contributed by atoms with E-state index in [9.17, 15) is 82.7 Å². The number of carbonyl (C=O) groups is 3. The van der Waals surface area contributed by atoms with Gasteiger partial charge >= 0.3 is 43.4 Å². The molecule has 9 aromatic heterocycles. The third-order valence-corrected chi connectivity index (χ3v) is 25.3. The molecule has 0 aliphatic rings. The summed E-state index contributed by atoms with van der Waals surface area (Å²) < 4.78 is 267. The van der Waals surface area contributed by atoms with Crippen LogP contribution < -0.4 is 48.2 Å². The maximum absolute atomic E-state index is 16.6. The summed E-state index contributed by atoms with van der Waals surface area (Å²) in [6.45, 7) is -0.590. The van der Waals surface area contributed by atoms with Crippen molar-refractivity contribution in [3.8, 4) is 33.8 Å². The number of benzene rings is 3. The van der Waals surface area contributed by atoms with Crippen molar-refractivity contribution in [1.29, 1.82) is 0 Å². The molecule has 12 rings (SSSR count). The van der Waals surface area contributed by atoms with Crippen LogP contribution in [0.25, 0.3) is 64.4 Å². The van der Waals surface area contributed by atoms with Crippen LogP contribution in [0.1, 0.15) is 48.0 Å². The molecule has 596 valence electrons. The lowest BCUT2D eigenvalue weighted by Crippen LogP contribution is -2.36. The highest BCUT2D eigenvalue weighted by atomic mass is 32.1. The molecule has 0 N–H and O–H groups in total. The molecule has 0 atom stereocenters. The van der Waals surface area contributed by atoms with Gasteiger partial charge in [0.05, 0.1) is 52.5 Å². The number of phosphoric ester groups is 1. The predicted molar refractivity (Wildman–Crippen MR) is 383 cm³/mol. The van der Waals surface area contributed by atoms with Gasteiger partial charge in [-0.3, -0.25) is 83.4 Å². The third-order valence-electron chi connectivity index (χ3n) is 17.8. The van der Waals surface area contributed by atoms with E-state index in [1.54, 1.807) is 0 Å². The minimum atomic E-state index is -6.23. The molecule has 0 aliphatic carbocycles. The Labute approximate surface area is 642 Å². The fourth-order valence-corrected chi connectivity index (χ4v) is 19.1. The Morgan fingerprint density at radius 2 is 0.637 bits per heavy atom. The lowest BCUT2D eigenvalue weighted by atomic mass is 10.1. The number of amides is 3. The number of aryl methyl sites for hydroxylation is 6. The van der Waals surface area contributed by atoms with E-state index in [0.29, 0.717) is 65.9 Å². The van der Waals surface area contributed by atoms with Gasteiger partial charge in [0.25, 0.3) is 34.4 Å². The molecule has 0 radical (unpaired) electrons. The standard InChI is InChI=1S/C66H48F15N12O13PS6/c1-25-31(43-52(97)85(4)61(100)88(7)55(43)111-25)16-40(94)82-58-91(37(19-108-58)28-10-13-34(67)46(49(28)70)64(73,74)75)22-104-107(103,105-23-92-38(29-11-14-35(68)47(50(29)71)65(76,77)78)20-109-59(92)83-41(95)17-32-26(2)112-56-44(32)53(98)86(5)62(101)89(56)8)106-24-93-39(30-12-15-36(69)48(51(30)72)66(79,80)81)21-110-60(93)84-42(96)18-33-27(3)113-57-45(33)54(99)87(6)63(102)90(57)9/h10-15,19-21H,16-18,22-24H2,1-9H3/b82-58+,83-59+,84-60+. The summed E-state index contributed by atoms with van der Waals surface area (Å²) in [7, 11) is 1.12. The minimum absolute atomic E-state index is 0.00959. The number of aromatic nitrogens is 9. The molecule has 113 heavy (non-hydrogen) atoms. The van der Waals surface area contributed by atoms with Crippen LogP contribution in [0.15, 0.2) is 96.3 Å². The molecule has 0 unspecified atom stereocenters. The number of hydrogen-bond donors (Lipinski definition) is 0. The largest absolute Gasteiger partial charge is 0.480 e. The smallest absolute Gasteiger partial charge is 0.292 e. The Kier molecular flexibility index (Phi) is 22.1. The number of fused-ring (bicyclic) bond motifs is 3. The van der Waals surface area contributed by atoms with E-state index in [4.69, 9.17) is 13.6 Å². The summed E-state index contributed by atoms with van der Waals surface area (Å²) >= 11 is 3.58. The fraction of sp³-hybridized carbons (Fsp3) is 0.273. The Bertz CT molecular complexity index is 6140. The highest BCUT2D eigenvalue weighted by Gasteiger charge is 2.43. The molecular formula is C66H48F15N12O13PS6. The second-order valence-corrected chi connectivity index (χ2v) is 32.5. The van der Waals surface area contributed by atoms with Crippen molar-refractivity contribution < 1.29 is 98.4 Å².